The molecule has 0 unspecified atom stereocenters. The summed E-state index contributed by atoms with van der Waals surface area (Å²) < 4.78 is 7.36. The number of aromatic nitrogens is 4. The highest BCUT2D eigenvalue weighted by Gasteiger charge is 2.10. The number of nitrogens with zero attached hydrogens (tertiary/aromatic N) is 3. The van der Waals surface area contributed by atoms with Gasteiger partial charge in [-0.05, 0) is 43.5 Å². The number of nitrogens with two attached hydrogens (primary N) is 1. The van der Waals surface area contributed by atoms with E-state index in [1.165, 1.54) is 11.3 Å². The van der Waals surface area contributed by atoms with Crippen LogP contribution >= 0.6 is 0 Å². The van der Waals surface area contributed by atoms with Crippen molar-refractivity contribution >= 4 is 22.6 Å². The number of aryl methyl sites for hydroxylation is 3. The Bertz CT molecular complexity index is 1030. The van der Waals surface area contributed by atoms with E-state index in [1.54, 1.807) is 7.11 Å². The third-order valence-electron chi connectivity index (χ3n) is 4.39. The zero-order valence-corrected chi connectivity index (χ0v) is 13.7. The molecule has 3 N–H and O–H groups in total. The number of nitrogen functional groups attached to an aromatic ring is 1. The van der Waals surface area contributed by atoms with Crippen LogP contribution in [0, 0.1) is 6.92 Å². The van der Waals surface area contributed by atoms with Gasteiger partial charge in [-0.3, -0.25) is 0 Å². The Labute approximate surface area is 139 Å². The van der Waals surface area contributed by atoms with Crippen molar-refractivity contribution < 1.29 is 4.74 Å². The maximum absolute atomic E-state index is 5.70. The van der Waals surface area contributed by atoms with Gasteiger partial charge in [-0.25, -0.2) is 9.97 Å². The minimum absolute atomic E-state index is 0.451. The van der Waals surface area contributed by atoms with Crippen LogP contribution in [0.5, 0.6) is 5.75 Å². The quantitative estimate of drug-likeness (QED) is 0.605. The summed E-state index contributed by atoms with van der Waals surface area (Å²) in [6.45, 7) is 2.10. The lowest BCUT2D eigenvalue weighted by Gasteiger charge is -2.02. The van der Waals surface area contributed by atoms with Crippen molar-refractivity contribution in [3.8, 4) is 5.75 Å². The molecule has 6 nitrogen and oxygen atoms in total. The van der Waals surface area contributed by atoms with Crippen molar-refractivity contribution in [2.24, 2.45) is 0 Å². The number of rotatable bonds is 4. The fourth-order valence-electron chi connectivity index (χ4n) is 3.06. The van der Waals surface area contributed by atoms with Gasteiger partial charge in [-0.15, -0.1) is 0 Å². The van der Waals surface area contributed by atoms with Crippen LogP contribution < -0.4 is 10.5 Å². The molecule has 6 heteroatoms. The monoisotopic (exact) mass is 321 g/mol. The number of hydrogen-bond acceptors (Lipinski definition) is 4. The molecule has 0 spiro atoms. The van der Waals surface area contributed by atoms with Crippen LogP contribution in [-0.4, -0.2) is 26.5 Å². The summed E-state index contributed by atoms with van der Waals surface area (Å²) in [4.78, 5) is 12.0. The lowest BCUT2D eigenvalue weighted by atomic mass is 10.1. The smallest absolute Gasteiger partial charge is 0.198 e. The Hall–Kier alpha value is -3.02. The number of aromatic amines is 1. The maximum atomic E-state index is 5.70. The van der Waals surface area contributed by atoms with Crippen LogP contribution in [0.25, 0.3) is 16.7 Å². The first-order valence-electron chi connectivity index (χ1n) is 7.90. The lowest BCUT2D eigenvalue weighted by Crippen LogP contribution is -1.95. The maximum Gasteiger partial charge on any atom is 0.198 e. The number of H-pyrrole nitrogens is 1. The number of hydrogen-bond donors (Lipinski definition) is 2. The van der Waals surface area contributed by atoms with Gasteiger partial charge in [0.25, 0.3) is 0 Å². The summed E-state index contributed by atoms with van der Waals surface area (Å²) in [6, 6.07) is 10.1. The normalized spacial score (nSPS) is 11.4. The Morgan fingerprint density at radius 1 is 1.17 bits per heavy atom. The van der Waals surface area contributed by atoms with E-state index in [2.05, 4.69) is 33.4 Å². The van der Waals surface area contributed by atoms with Gasteiger partial charge in [0.1, 0.15) is 11.4 Å². The largest absolute Gasteiger partial charge is 0.497 e. The average Bonchev–Trinajstić information content (AvgIpc) is 3.11. The molecule has 0 aliphatic rings. The zero-order chi connectivity index (χ0) is 16.7. The molecule has 0 radical (unpaired) electrons. The molecule has 0 atom stereocenters. The first-order chi connectivity index (χ1) is 11.6. The molecule has 1 aromatic carbocycles. The van der Waals surface area contributed by atoms with Crippen molar-refractivity contribution in [3.63, 3.8) is 0 Å². The average molecular weight is 321 g/mol. The lowest BCUT2D eigenvalue weighted by molar-refractivity contribution is 0.414. The van der Waals surface area contributed by atoms with E-state index in [0.717, 1.165) is 41.0 Å². The number of ether oxygens (including phenoxy) is 1. The molecular formula is C18H19N5O. The first kappa shape index (κ1) is 14.6. The van der Waals surface area contributed by atoms with E-state index < -0.39 is 0 Å². The van der Waals surface area contributed by atoms with Crippen LogP contribution in [0.3, 0.4) is 0 Å². The molecule has 0 fully saturated rings. The summed E-state index contributed by atoms with van der Waals surface area (Å²) in [5, 5.41) is 0. The van der Waals surface area contributed by atoms with Crippen LogP contribution in [0.2, 0.25) is 0 Å². The molecule has 0 aliphatic heterocycles. The zero-order valence-electron chi connectivity index (χ0n) is 13.7. The van der Waals surface area contributed by atoms with Crippen molar-refractivity contribution in [3.05, 3.63) is 53.5 Å². The summed E-state index contributed by atoms with van der Waals surface area (Å²) in [7, 11) is 1.67. The minimum atomic E-state index is 0.451. The Morgan fingerprint density at radius 2 is 2.04 bits per heavy atom. The van der Waals surface area contributed by atoms with Gasteiger partial charge in [0, 0.05) is 18.0 Å². The Kier molecular flexibility index (Phi) is 3.37. The molecule has 0 saturated heterocycles. The molecule has 3 aromatic heterocycles. The third-order valence-corrected chi connectivity index (χ3v) is 4.39. The molecule has 4 aromatic rings. The minimum Gasteiger partial charge on any atom is -0.497 e. The highest BCUT2D eigenvalue weighted by atomic mass is 16.5. The molecule has 122 valence electrons. The topological polar surface area (TPSA) is 81.2 Å². The number of pyridine rings is 1. The summed E-state index contributed by atoms with van der Waals surface area (Å²) >= 11 is 0. The van der Waals surface area contributed by atoms with Crippen LogP contribution in [-0.2, 0) is 12.8 Å². The second kappa shape index (κ2) is 5.56. The number of nitrogens with one attached hydrogen (secondary N) is 1. The van der Waals surface area contributed by atoms with E-state index in [9.17, 15) is 0 Å². The van der Waals surface area contributed by atoms with E-state index in [-0.39, 0.29) is 0 Å². The van der Waals surface area contributed by atoms with Crippen LogP contribution in [0.4, 0.5) is 5.95 Å². The van der Waals surface area contributed by atoms with E-state index in [1.807, 2.05) is 24.4 Å². The number of anilines is 1. The van der Waals surface area contributed by atoms with Gasteiger partial charge in [0.15, 0.2) is 5.95 Å². The van der Waals surface area contributed by atoms with Crippen LogP contribution in [0.1, 0.15) is 17.0 Å². The van der Waals surface area contributed by atoms with Crippen LogP contribution in [0.15, 0.2) is 36.5 Å². The van der Waals surface area contributed by atoms with Crippen molar-refractivity contribution in [2.75, 3.05) is 12.8 Å². The van der Waals surface area contributed by atoms with Gasteiger partial charge in [-0.1, -0.05) is 6.07 Å². The molecule has 4 rings (SSSR count). The SMILES string of the molecule is COc1ccn2c(C)c(CCc3ccc4nc(N)[nH]c4c3)nc2c1. The molecule has 0 saturated carbocycles. The highest BCUT2D eigenvalue weighted by molar-refractivity contribution is 5.77. The molecule has 24 heavy (non-hydrogen) atoms. The van der Waals surface area contributed by atoms with Gasteiger partial charge >= 0.3 is 0 Å². The number of benzene rings is 1. The van der Waals surface area contributed by atoms with E-state index >= 15 is 0 Å². The van der Waals surface area contributed by atoms with Gasteiger partial charge in [-0.2, -0.15) is 0 Å². The number of imidazole rings is 2. The number of methoxy groups -OCH3 is 1. The highest BCUT2D eigenvalue weighted by Crippen LogP contribution is 2.20. The summed E-state index contributed by atoms with van der Waals surface area (Å²) in [5.74, 6) is 1.27. The molecule has 0 bridgehead atoms. The standard InChI is InChI=1S/C18H19N5O/c1-11-14(20-17-10-13(24-2)7-8-23(11)17)5-3-12-4-6-15-16(9-12)22-18(19)21-15/h4,6-10H,3,5H2,1-2H3,(H3,19,21,22). The van der Waals surface area contributed by atoms with Gasteiger partial charge < -0.3 is 19.9 Å². The second-order valence-electron chi connectivity index (χ2n) is 5.91. The predicted octanol–water partition coefficient (Wildman–Crippen LogP) is 2.90. The molecule has 3 heterocycles. The molecule has 0 aliphatic carbocycles. The Morgan fingerprint density at radius 3 is 2.88 bits per heavy atom. The van der Waals surface area contributed by atoms with Crippen molar-refractivity contribution in [2.45, 2.75) is 19.8 Å². The van der Waals surface area contributed by atoms with E-state index in [0.29, 0.717) is 5.95 Å². The van der Waals surface area contributed by atoms with Gasteiger partial charge in [0.2, 0.25) is 0 Å². The van der Waals surface area contributed by atoms with Crippen molar-refractivity contribution in [1.82, 2.24) is 19.4 Å². The Balaban J connectivity index is 1.60. The summed E-state index contributed by atoms with van der Waals surface area (Å²) in [6.07, 6.45) is 3.79. The summed E-state index contributed by atoms with van der Waals surface area (Å²) in [5.41, 5.74) is 12.0. The van der Waals surface area contributed by atoms with Crippen molar-refractivity contribution in [1.29, 1.82) is 0 Å². The second-order valence-corrected chi connectivity index (χ2v) is 5.91. The van der Waals surface area contributed by atoms with Gasteiger partial charge in [0.05, 0.1) is 23.8 Å². The fourth-order valence-corrected chi connectivity index (χ4v) is 3.06. The van der Waals surface area contributed by atoms with E-state index in [4.69, 9.17) is 15.5 Å². The molecule has 0 amide bonds. The third kappa shape index (κ3) is 2.46. The fraction of sp³-hybridized carbons (Fsp3) is 0.222. The predicted molar refractivity (Wildman–Crippen MR) is 94.4 cm³/mol. The number of fused-ring (bicyclic) bond motifs is 2. The first-order valence-corrected chi connectivity index (χ1v) is 7.90. The molecular weight excluding hydrogens is 302 g/mol.